The Balaban J connectivity index is 2.16. The largest absolute Gasteiger partial charge is 0.459 e. The second-order valence-corrected chi connectivity index (χ2v) is 6.12. The minimum absolute atomic E-state index is 0.0318. The number of nitro benzene ring substituents is 1. The molecule has 0 aliphatic rings. The Morgan fingerprint density at radius 2 is 1.79 bits per heavy atom. The van der Waals surface area contributed by atoms with Crippen molar-refractivity contribution in [3.05, 3.63) is 63.6 Å². The van der Waals surface area contributed by atoms with Crippen molar-refractivity contribution < 1.29 is 18.9 Å². The second kappa shape index (κ2) is 6.53. The molecule has 8 nitrogen and oxygen atoms in total. The SMILES string of the molecule is CC(C)(C)c1ccc(C(=O)NNC(=O)c2ccco2)cc1[N+](=O)[O-]. The van der Waals surface area contributed by atoms with Crippen LogP contribution in [0.15, 0.2) is 41.0 Å². The fraction of sp³-hybridized carbons (Fsp3) is 0.250. The maximum atomic E-state index is 12.1. The third kappa shape index (κ3) is 3.78. The number of nitrogens with zero attached hydrogens (tertiary/aromatic N) is 1. The summed E-state index contributed by atoms with van der Waals surface area (Å²) in [7, 11) is 0. The Kier molecular flexibility index (Phi) is 4.68. The lowest BCUT2D eigenvalue weighted by molar-refractivity contribution is -0.386. The lowest BCUT2D eigenvalue weighted by atomic mass is 9.85. The monoisotopic (exact) mass is 331 g/mol. The molecule has 0 saturated heterocycles. The van der Waals surface area contributed by atoms with Crippen LogP contribution in [0.4, 0.5) is 5.69 Å². The lowest BCUT2D eigenvalue weighted by Crippen LogP contribution is -2.41. The number of amides is 2. The van der Waals surface area contributed by atoms with Gasteiger partial charge in [0, 0.05) is 17.2 Å². The Morgan fingerprint density at radius 1 is 1.12 bits per heavy atom. The molecule has 0 fully saturated rings. The highest BCUT2D eigenvalue weighted by Gasteiger charge is 2.26. The summed E-state index contributed by atoms with van der Waals surface area (Å²) in [5.41, 5.74) is 4.36. The molecular weight excluding hydrogens is 314 g/mol. The van der Waals surface area contributed by atoms with Crippen molar-refractivity contribution in [2.24, 2.45) is 0 Å². The highest BCUT2D eigenvalue weighted by atomic mass is 16.6. The summed E-state index contributed by atoms with van der Waals surface area (Å²) in [6, 6.07) is 7.17. The van der Waals surface area contributed by atoms with Gasteiger partial charge in [-0.05, 0) is 23.6 Å². The summed E-state index contributed by atoms with van der Waals surface area (Å²) in [6.07, 6.45) is 1.32. The van der Waals surface area contributed by atoms with E-state index in [1.54, 1.807) is 6.07 Å². The number of hydrogen-bond donors (Lipinski definition) is 2. The van der Waals surface area contributed by atoms with Gasteiger partial charge in [-0.25, -0.2) is 0 Å². The third-order valence-corrected chi connectivity index (χ3v) is 3.30. The first-order valence-corrected chi connectivity index (χ1v) is 7.13. The van der Waals surface area contributed by atoms with Gasteiger partial charge in [-0.1, -0.05) is 26.8 Å². The molecule has 8 heteroatoms. The molecule has 2 aromatic rings. The van der Waals surface area contributed by atoms with E-state index < -0.39 is 22.2 Å². The van der Waals surface area contributed by atoms with Crippen LogP contribution in [0.5, 0.6) is 0 Å². The summed E-state index contributed by atoms with van der Waals surface area (Å²) < 4.78 is 4.88. The summed E-state index contributed by atoms with van der Waals surface area (Å²) in [4.78, 5) is 34.5. The number of carbonyl (C=O) groups is 2. The van der Waals surface area contributed by atoms with E-state index in [0.717, 1.165) is 0 Å². The number of hydrogen-bond acceptors (Lipinski definition) is 5. The van der Waals surface area contributed by atoms with Gasteiger partial charge in [0.15, 0.2) is 5.76 Å². The van der Waals surface area contributed by atoms with Crippen molar-refractivity contribution in [3.8, 4) is 0 Å². The van der Waals surface area contributed by atoms with E-state index >= 15 is 0 Å². The first kappa shape index (κ1) is 17.2. The third-order valence-electron chi connectivity index (χ3n) is 3.30. The van der Waals surface area contributed by atoms with E-state index in [9.17, 15) is 19.7 Å². The molecule has 0 aliphatic heterocycles. The maximum absolute atomic E-state index is 12.1. The van der Waals surface area contributed by atoms with Gasteiger partial charge < -0.3 is 4.42 Å². The smallest absolute Gasteiger partial charge is 0.305 e. The number of nitrogens with one attached hydrogen (secondary N) is 2. The van der Waals surface area contributed by atoms with Crippen LogP contribution in [0, 0.1) is 10.1 Å². The Bertz CT molecular complexity index is 776. The van der Waals surface area contributed by atoms with Gasteiger partial charge in [-0.15, -0.1) is 0 Å². The van der Waals surface area contributed by atoms with Crippen LogP contribution in [0.3, 0.4) is 0 Å². The minimum Gasteiger partial charge on any atom is -0.459 e. The zero-order valence-corrected chi connectivity index (χ0v) is 13.5. The van der Waals surface area contributed by atoms with Crippen molar-refractivity contribution >= 4 is 17.5 Å². The van der Waals surface area contributed by atoms with Crippen molar-refractivity contribution in [3.63, 3.8) is 0 Å². The number of carbonyl (C=O) groups excluding carboxylic acids is 2. The van der Waals surface area contributed by atoms with E-state index in [1.807, 2.05) is 20.8 Å². The number of benzene rings is 1. The van der Waals surface area contributed by atoms with Crippen molar-refractivity contribution in [2.75, 3.05) is 0 Å². The van der Waals surface area contributed by atoms with Gasteiger partial charge in [0.2, 0.25) is 0 Å². The molecule has 1 aromatic heterocycles. The molecule has 2 N–H and O–H groups in total. The second-order valence-electron chi connectivity index (χ2n) is 6.12. The topological polar surface area (TPSA) is 114 Å². The van der Waals surface area contributed by atoms with Crippen LogP contribution in [-0.2, 0) is 5.41 Å². The van der Waals surface area contributed by atoms with Crippen LogP contribution in [0.2, 0.25) is 0 Å². The predicted octanol–water partition coefficient (Wildman–Crippen LogP) is 2.56. The molecule has 24 heavy (non-hydrogen) atoms. The van der Waals surface area contributed by atoms with E-state index in [4.69, 9.17) is 4.42 Å². The molecule has 126 valence electrons. The quantitative estimate of drug-likeness (QED) is 0.662. The molecule has 0 unspecified atom stereocenters. The molecular formula is C16H17N3O5. The molecule has 0 atom stereocenters. The van der Waals surface area contributed by atoms with Gasteiger partial charge in [0.25, 0.3) is 11.6 Å². The van der Waals surface area contributed by atoms with Crippen LogP contribution in [0.1, 0.15) is 47.2 Å². The fourth-order valence-electron chi connectivity index (χ4n) is 2.11. The highest BCUT2D eigenvalue weighted by molar-refractivity contribution is 5.98. The highest BCUT2D eigenvalue weighted by Crippen LogP contribution is 2.31. The number of nitro groups is 1. The molecule has 0 saturated carbocycles. The minimum atomic E-state index is -0.668. The molecule has 2 rings (SSSR count). The normalized spacial score (nSPS) is 11.0. The molecule has 2 amide bonds. The molecule has 0 aliphatic carbocycles. The summed E-state index contributed by atoms with van der Waals surface area (Å²) in [6.45, 7) is 5.54. The van der Waals surface area contributed by atoms with E-state index in [1.165, 1.54) is 30.5 Å². The van der Waals surface area contributed by atoms with Crippen molar-refractivity contribution in [1.82, 2.24) is 10.9 Å². The number of rotatable bonds is 3. The number of furan rings is 1. The summed E-state index contributed by atoms with van der Waals surface area (Å²) >= 11 is 0. The number of hydrazine groups is 1. The predicted molar refractivity (Wildman–Crippen MR) is 85.4 cm³/mol. The first-order valence-electron chi connectivity index (χ1n) is 7.13. The zero-order valence-electron chi connectivity index (χ0n) is 13.5. The van der Waals surface area contributed by atoms with Gasteiger partial charge in [-0.2, -0.15) is 0 Å². The average Bonchev–Trinajstić information content (AvgIpc) is 3.05. The van der Waals surface area contributed by atoms with Gasteiger partial charge in [0.1, 0.15) is 0 Å². The van der Waals surface area contributed by atoms with E-state index in [2.05, 4.69) is 10.9 Å². The standard InChI is InChI=1S/C16H17N3O5/c1-16(2,3)11-7-6-10(9-12(11)19(22)23)14(20)17-18-15(21)13-5-4-8-24-13/h4-9H,1-3H3,(H,17,20)(H,18,21). The van der Waals surface area contributed by atoms with Crippen molar-refractivity contribution in [2.45, 2.75) is 26.2 Å². The van der Waals surface area contributed by atoms with Gasteiger partial charge in [-0.3, -0.25) is 30.6 Å². The van der Waals surface area contributed by atoms with E-state index in [-0.39, 0.29) is 17.0 Å². The fourth-order valence-corrected chi connectivity index (χ4v) is 2.11. The molecule has 0 radical (unpaired) electrons. The van der Waals surface area contributed by atoms with Crippen LogP contribution >= 0.6 is 0 Å². The Hall–Kier alpha value is -3.16. The lowest BCUT2D eigenvalue weighted by Gasteiger charge is -2.19. The Labute approximate surface area is 138 Å². The molecule has 1 heterocycles. The maximum Gasteiger partial charge on any atom is 0.305 e. The van der Waals surface area contributed by atoms with Crippen LogP contribution in [-0.4, -0.2) is 16.7 Å². The molecule has 0 spiro atoms. The first-order chi connectivity index (χ1) is 11.2. The van der Waals surface area contributed by atoms with Crippen molar-refractivity contribution in [1.29, 1.82) is 0 Å². The van der Waals surface area contributed by atoms with Gasteiger partial charge in [0.05, 0.1) is 11.2 Å². The van der Waals surface area contributed by atoms with E-state index in [0.29, 0.717) is 5.56 Å². The zero-order chi connectivity index (χ0) is 17.9. The summed E-state index contributed by atoms with van der Waals surface area (Å²) in [5, 5.41) is 11.3. The average molecular weight is 331 g/mol. The molecule has 0 bridgehead atoms. The van der Waals surface area contributed by atoms with Crippen LogP contribution in [0.25, 0.3) is 0 Å². The molecule has 1 aromatic carbocycles. The van der Waals surface area contributed by atoms with Crippen LogP contribution < -0.4 is 10.9 Å². The Morgan fingerprint density at radius 3 is 2.33 bits per heavy atom. The van der Waals surface area contributed by atoms with Gasteiger partial charge >= 0.3 is 5.91 Å². The summed E-state index contributed by atoms with van der Waals surface area (Å²) in [5.74, 6) is -1.27.